The molecule has 3 aliphatic rings. The number of nitrogens with one attached hydrogen (secondary N) is 2. The van der Waals surface area contributed by atoms with Crippen molar-refractivity contribution < 1.29 is 38.1 Å². The molecule has 2 fully saturated rings. The molecule has 2 aliphatic heterocycles. The van der Waals surface area contributed by atoms with Gasteiger partial charge in [-0.2, -0.15) is 0 Å². The predicted molar refractivity (Wildman–Crippen MR) is 296 cm³/mol. The smallest absolute Gasteiger partial charge is 0.295 e. The SMILES string of the molecule is CN(Cc1nc2cccc(N3CCN(CCCNC(=O)CCCN=[N+]=[N-])CC3)n2c1CO)[C@H]1CCCc2ccccc21.[N-]=[N+]=NCCOCCOc1ccc(F)c2c(C(=O)C(=O)N3CCN(C(=O)c4ccccc4)CC3)c[nH]c12. The van der Waals surface area contributed by atoms with Crippen LogP contribution in [0.25, 0.3) is 37.4 Å². The van der Waals surface area contributed by atoms with Gasteiger partial charge in [-0.15, -0.1) is 0 Å². The third-order valence-corrected chi connectivity index (χ3v) is 14.6. The third kappa shape index (κ3) is 14.6. The molecule has 3 aromatic heterocycles. The highest BCUT2D eigenvalue weighted by molar-refractivity contribution is 6.45. The molecule has 9 rings (SSSR count). The molecule has 79 heavy (non-hydrogen) atoms. The zero-order chi connectivity index (χ0) is 55.5. The number of aromatic nitrogens is 3. The third-order valence-electron chi connectivity index (χ3n) is 14.6. The van der Waals surface area contributed by atoms with Crippen molar-refractivity contribution in [2.24, 2.45) is 10.2 Å². The standard InChI is InChI=1S/C31H43N9O2.C25H25FN6O5/c1-37(27-11-4-9-24-8-2-3-10-25(24)27)22-26-28(23-41)40-29(35-26)12-5-14-31(40)39-20-18-38(19-21-39)17-7-15-33-30(42)13-6-16-34-36-32;26-19-6-7-20(37-15-14-36-13-8-29-30-27)22-21(19)18(16-28-22)23(33)25(35)32-11-9-31(10-12-32)24(34)17-4-2-1-3-5-17/h2-3,5,8,10,12,14,27,41H,4,6-7,9,11,13,15-23H2,1H3,(H,33,42);1-7,16,28H,8-15H2/t27-;/m0./s1. The first kappa shape index (κ1) is 57.1. The van der Waals surface area contributed by atoms with Crippen molar-refractivity contribution in [1.29, 1.82) is 0 Å². The molecule has 6 aromatic rings. The van der Waals surface area contributed by atoms with Crippen molar-refractivity contribution in [1.82, 2.24) is 39.3 Å². The van der Waals surface area contributed by atoms with E-state index in [0.717, 1.165) is 74.8 Å². The second kappa shape index (κ2) is 28.5. The number of piperazine rings is 2. The average Bonchev–Trinajstić information content (AvgIpc) is 4.31. The van der Waals surface area contributed by atoms with Crippen LogP contribution in [-0.4, -0.2) is 168 Å². The van der Waals surface area contributed by atoms with Crippen LogP contribution >= 0.6 is 0 Å². The van der Waals surface area contributed by atoms with Gasteiger partial charge in [-0.1, -0.05) is 58.8 Å². The molecule has 0 spiro atoms. The summed E-state index contributed by atoms with van der Waals surface area (Å²) < 4.78 is 27.8. The van der Waals surface area contributed by atoms with Gasteiger partial charge in [-0.3, -0.25) is 33.4 Å². The number of Topliss-reactive ketones (excluding diaryl/α,β-unsaturated/α-hetero) is 1. The van der Waals surface area contributed by atoms with Crippen LogP contribution in [-0.2, 0) is 33.9 Å². The number of pyridine rings is 1. The Labute approximate surface area is 457 Å². The molecule has 416 valence electrons. The number of H-pyrrole nitrogens is 1. The van der Waals surface area contributed by atoms with Crippen LogP contribution in [0.3, 0.4) is 0 Å². The number of azide groups is 2. The number of amides is 3. The van der Waals surface area contributed by atoms with Crippen LogP contribution in [0.4, 0.5) is 10.2 Å². The second-order valence-electron chi connectivity index (χ2n) is 19.5. The minimum Gasteiger partial charge on any atom is -0.489 e. The number of rotatable bonds is 23. The van der Waals surface area contributed by atoms with Crippen LogP contribution < -0.4 is 15.0 Å². The van der Waals surface area contributed by atoms with Crippen LogP contribution in [0, 0.1) is 5.82 Å². The number of hydrogen-bond acceptors (Lipinski definition) is 13. The number of carbonyl (C=O) groups is 4. The number of aryl methyl sites for hydroxylation is 1. The molecule has 3 amide bonds. The van der Waals surface area contributed by atoms with E-state index in [1.807, 2.05) is 12.1 Å². The molecule has 0 unspecified atom stereocenters. The quantitative estimate of drug-likeness (QED) is 0.0144. The van der Waals surface area contributed by atoms with Gasteiger partial charge in [0.05, 0.1) is 47.7 Å². The van der Waals surface area contributed by atoms with E-state index in [2.05, 4.69) is 92.9 Å². The monoisotopic (exact) mass is 1080 g/mol. The molecule has 1 atom stereocenters. The number of anilines is 1. The Morgan fingerprint density at radius 2 is 1.61 bits per heavy atom. The van der Waals surface area contributed by atoms with Crippen molar-refractivity contribution in [2.75, 3.05) is 110 Å². The largest absolute Gasteiger partial charge is 0.489 e. The number of aromatic amines is 1. The molecule has 22 nitrogen and oxygen atoms in total. The predicted octanol–water partition coefficient (Wildman–Crippen LogP) is 7.23. The van der Waals surface area contributed by atoms with Crippen LogP contribution in [0.1, 0.15) is 81.4 Å². The molecule has 0 radical (unpaired) electrons. The van der Waals surface area contributed by atoms with Gasteiger partial charge in [0.1, 0.15) is 29.6 Å². The number of nitrogens with zero attached hydrogens (tertiary/aromatic N) is 13. The maximum atomic E-state index is 14.7. The summed E-state index contributed by atoms with van der Waals surface area (Å²) in [6.45, 7) is 8.01. The fourth-order valence-corrected chi connectivity index (χ4v) is 10.5. The molecule has 23 heteroatoms. The highest BCUT2D eigenvalue weighted by Crippen LogP contribution is 2.35. The molecule has 5 heterocycles. The Morgan fingerprint density at radius 3 is 2.38 bits per heavy atom. The van der Waals surface area contributed by atoms with Crippen molar-refractivity contribution in [3.8, 4) is 5.75 Å². The van der Waals surface area contributed by atoms with E-state index in [9.17, 15) is 28.7 Å². The summed E-state index contributed by atoms with van der Waals surface area (Å²) >= 11 is 0. The van der Waals surface area contributed by atoms with Gasteiger partial charge in [-0.05, 0) is 104 Å². The Bertz CT molecular complexity index is 3140. The molecule has 1 aliphatic carbocycles. The number of ether oxygens (including phenoxy) is 2. The van der Waals surface area contributed by atoms with E-state index in [1.54, 1.807) is 29.2 Å². The number of aliphatic hydroxyl groups excluding tert-OH is 1. The lowest BCUT2D eigenvalue weighted by Crippen LogP contribution is -2.52. The highest BCUT2D eigenvalue weighted by Gasteiger charge is 2.32. The number of aliphatic hydroxyl groups is 1. The number of hydrogen-bond donors (Lipinski definition) is 3. The molecule has 2 saturated heterocycles. The van der Waals surface area contributed by atoms with Crippen LogP contribution in [0.15, 0.2) is 101 Å². The molecule has 0 bridgehead atoms. The summed E-state index contributed by atoms with van der Waals surface area (Å²) in [7, 11) is 2.18. The fraction of sp³-hybridized carbons (Fsp3) is 0.446. The number of halogens is 1. The molecular weight excluding hydrogens is 1010 g/mol. The fourth-order valence-electron chi connectivity index (χ4n) is 10.5. The summed E-state index contributed by atoms with van der Waals surface area (Å²) in [5.74, 6) is -1.01. The lowest BCUT2D eigenvalue weighted by molar-refractivity contribution is -0.127. The first-order valence-corrected chi connectivity index (χ1v) is 26.9. The summed E-state index contributed by atoms with van der Waals surface area (Å²) in [5, 5.41) is 20.3. The van der Waals surface area contributed by atoms with E-state index in [-0.39, 0.29) is 87.4 Å². The van der Waals surface area contributed by atoms with Gasteiger partial charge in [0.25, 0.3) is 17.6 Å². The van der Waals surface area contributed by atoms with E-state index in [1.165, 1.54) is 40.8 Å². The Hall–Kier alpha value is -8.04. The maximum absolute atomic E-state index is 14.7. The minimum atomic E-state index is -0.841. The van der Waals surface area contributed by atoms with Crippen LogP contribution in [0.5, 0.6) is 5.75 Å². The Balaban J connectivity index is 0.000000210. The number of fused-ring (bicyclic) bond motifs is 3. The second-order valence-corrected chi connectivity index (χ2v) is 19.5. The molecule has 3 N–H and O–H groups in total. The van der Waals surface area contributed by atoms with E-state index in [0.29, 0.717) is 49.8 Å². The van der Waals surface area contributed by atoms with Crippen molar-refractivity contribution >= 4 is 45.9 Å². The molecule has 3 aromatic carbocycles. The number of imidazole rings is 1. The van der Waals surface area contributed by atoms with Gasteiger partial charge in [0, 0.05) is 113 Å². The highest BCUT2D eigenvalue weighted by atomic mass is 19.1. The summed E-state index contributed by atoms with van der Waals surface area (Å²) in [5.41, 5.74) is 22.8. The van der Waals surface area contributed by atoms with E-state index in [4.69, 9.17) is 25.5 Å². The van der Waals surface area contributed by atoms with Gasteiger partial charge >= 0.3 is 0 Å². The maximum Gasteiger partial charge on any atom is 0.295 e. The van der Waals surface area contributed by atoms with Gasteiger partial charge in [0.2, 0.25) is 5.91 Å². The summed E-state index contributed by atoms with van der Waals surface area (Å²) in [4.78, 5) is 74.0. The summed E-state index contributed by atoms with van der Waals surface area (Å²) in [6.07, 6.45) is 6.63. The van der Waals surface area contributed by atoms with E-state index < -0.39 is 17.5 Å². The summed E-state index contributed by atoms with van der Waals surface area (Å²) in [6, 6.07) is 26.8. The molecular formula is C56H68FN15O7. The van der Waals surface area contributed by atoms with Crippen molar-refractivity contribution in [3.63, 3.8) is 0 Å². The Morgan fingerprint density at radius 1 is 0.861 bits per heavy atom. The van der Waals surface area contributed by atoms with Crippen molar-refractivity contribution in [3.05, 3.63) is 151 Å². The van der Waals surface area contributed by atoms with Gasteiger partial charge in [0.15, 0.2) is 0 Å². The topological polar surface area (TPSA) is 266 Å². The lowest BCUT2D eigenvalue weighted by atomic mass is 9.87. The average molecular weight is 1080 g/mol. The molecule has 0 saturated carbocycles. The van der Waals surface area contributed by atoms with Crippen molar-refractivity contribution in [2.45, 2.75) is 57.7 Å². The van der Waals surface area contributed by atoms with Gasteiger partial charge in [-0.25, -0.2) is 9.37 Å². The zero-order valence-electron chi connectivity index (χ0n) is 44.6. The number of carbonyl (C=O) groups excluding carboxylic acids is 4. The normalized spacial score (nSPS) is 15.4. The van der Waals surface area contributed by atoms with E-state index >= 15 is 0 Å². The van der Waals surface area contributed by atoms with Gasteiger partial charge < -0.3 is 39.6 Å². The number of ketones is 1. The zero-order valence-corrected chi connectivity index (χ0v) is 44.6. The Kier molecular flexibility index (Phi) is 20.6. The lowest BCUT2D eigenvalue weighted by Gasteiger charge is -2.36. The number of benzene rings is 3. The van der Waals surface area contributed by atoms with Crippen LogP contribution in [0.2, 0.25) is 0 Å². The first-order valence-electron chi connectivity index (χ1n) is 26.9. The minimum absolute atomic E-state index is 0.00944. The first-order chi connectivity index (χ1) is 38.6.